The molecular formula is C30H28N2O5. The number of furan rings is 1. The van der Waals surface area contributed by atoms with Gasteiger partial charge in [0.1, 0.15) is 19.0 Å². The number of nitrogens with zero attached hydrogens (tertiary/aromatic N) is 1. The number of aliphatic hydroxyl groups is 2. The number of fused-ring (bicyclic) bond motifs is 1. The van der Waals surface area contributed by atoms with Gasteiger partial charge in [-0.25, -0.2) is 0 Å². The number of benzene rings is 3. The van der Waals surface area contributed by atoms with Gasteiger partial charge in [-0.2, -0.15) is 0 Å². The van der Waals surface area contributed by atoms with Crippen LogP contribution in [-0.2, 0) is 26.2 Å². The van der Waals surface area contributed by atoms with E-state index in [1.807, 2.05) is 66.7 Å². The van der Waals surface area contributed by atoms with Gasteiger partial charge in [-0.3, -0.25) is 4.98 Å². The van der Waals surface area contributed by atoms with E-state index in [9.17, 15) is 10.2 Å². The third kappa shape index (κ3) is 5.81. The predicted octanol–water partition coefficient (Wildman–Crippen LogP) is 4.96. The monoisotopic (exact) mass is 496 g/mol. The van der Waals surface area contributed by atoms with Gasteiger partial charge in [0, 0.05) is 30.1 Å². The van der Waals surface area contributed by atoms with Crippen molar-refractivity contribution in [3.63, 3.8) is 0 Å². The van der Waals surface area contributed by atoms with Gasteiger partial charge in [-0.05, 0) is 58.7 Å². The van der Waals surface area contributed by atoms with Gasteiger partial charge in [-0.15, -0.1) is 0 Å². The van der Waals surface area contributed by atoms with Crippen LogP contribution in [0.5, 0.6) is 11.5 Å². The van der Waals surface area contributed by atoms with Crippen LogP contribution in [0.4, 0.5) is 0 Å². The molecule has 0 saturated carbocycles. The van der Waals surface area contributed by atoms with Crippen molar-refractivity contribution < 1.29 is 24.1 Å². The molecule has 0 spiro atoms. The summed E-state index contributed by atoms with van der Waals surface area (Å²) in [5.74, 6) is 1.19. The third-order valence-electron chi connectivity index (χ3n) is 6.08. The van der Waals surface area contributed by atoms with Gasteiger partial charge in [0.25, 0.3) is 0 Å². The Morgan fingerprint density at radius 3 is 2.46 bits per heavy atom. The van der Waals surface area contributed by atoms with Gasteiger partial charge < -0.3 is 29.8 Å². The highest BCUT2D eigenvalue weighted by molar-refractivity contribution is 5.91. The highest BCUT2D eigenvalue weighted by Gasteiger charge is 2.16. The van der Waals surface area contributed by atoms with E-state index in [1.165, 1.54) is 0 Å². The van der Waals surface area contributed by atoms with Crippen LogP contribution in [0.3, 0.4) is 0 Å². The summed E-state index contributed by atoms with van der Waals surface area (Å²) in [6, 6.07) is 25.1. The molecule has 2 aromatic heterocycles. The van der Waals surface area contributed by atoms with E-state index in [1.54, 1.807) is 12.5 Å². The SMILES string of the molecule is NCc1cccc(-c2cc(OCc3ccccn3)c3occ(COc4ccccc4CC(O)O)c3c2)c1. The summed E-state index contributed by atoms with van der Waals surface area (Å²) in [4.78, 5) is 4.35. The number of para-hydroxylation sites is 1. The Hall–Kier alpha value is -4.17. The molecule has 188 valence electrons. The molecule has 0 amide bonds. The van der Waals surface area contributed by atoms with Crippen LogP contribution in [0.2, 0.25) is 0 Å². The highest BCUT2D eigenvalue weighted by Crippen LogP contribution is 2.37. The number of hydrogen-bond donors (Lipinski definition) is 3. The molecule has 0 bridgehead atoms. The van der Waals surface area contributed by atoms with Crippen LogP contribution in [0.15, 0.2) is 95.7 Å². The lowest BCUT2D eigenvalue weighted by molar-refractivity contribution is -0.0385. The van der Waals surface area contributed by atoms with Gasteiger partial charge in [-0.1, -0.05) is 42.5 Å². The second-order valence-electron chi connectivity index (χ2n) is 8.71. The molecule has 0 unspecified atom stereocenters. The average Bonchev–Trinajstić information content (AvgIpc) is 3.34. The van der Waals surface area contributed by atoms with E-state index in [-0.39, 0.29) is 13.0 Å². The van der Waals surface area contributed by atoms with E-state index < -0.39 is 6.29 Å². The molecule has 3 aromatic carbocycles. The summed E-state index contributed by atoms with van der Waals surface area (Å²) in [6.45, 7) is 0.981. The van der Waals surface area contributed by atoms with Crippen molar-refractivity contribution >= 4 is 11.0 Å². The number of ether oxygens (including phenoxy) is 2. The first-order chi connectivity index (χ1) is 18.1. The van der Waals surface area contributed by atoms with Gasteiger partial charge in [0.05, 0.1) is 12.0 Å². The molecule has 2 heterocycles. The molecule has 0 fully saturated rings. The third-order valence-corrected chi connectivity index (χ3v) is 6.08. The fourth-order valence-corrected chi connectivity index (χ4v) is 4.22. The van der Waals surface area contributed by atoms with E-state index in [2.05, 4.69) is 17.1 Å². The largest absolute Gasteiger partial charge is 0.488 e. The Labute approximate surface area is 214 Å². The zero-order valence-electron chi connectivity index (χ0n) is 20.2. The minimum absolute atomic E-state index is 0.0788. The van der Waals surface area contributed by atoms with Crippen molar-refractivity contribution in [1.29, 1.82) is 0 Å². The molecule has 7 nitrogen and oxygen atoms in total. The normalized spacial score (nSPS) is 11.2. The first-order valence-electron chi connectivity index (χ1n) is 12.0. The van der Waals surface area contributed by atoms with Crippen molar-refractivity contribution in [2.24, 2.45) is 5.73 Å². The van der Waals surface area contributed by atoms with Crippen LogP contribution < -0.4 is 15.2 Å². The smallest absolute Gasteiger partial charge is 0.176 e. The summed E-state index contributed by atoms with van der Waals surface area (Å²) < 4.78 is 18.2. The first kappa shape index (κ1) is 24.5. The van der Waals surface area contributed by atoms with Crippen molar-refractivity contribution in [2.75, 3.05) is 0 Å². The topological polar surface area (TPSA) is 111 Å². The summed E-state index contributed by atoms with van der Waals surface area (Å²) in [5.41, 5.74) is 11.9. The fraction of sp³-hybridized carbons (Fsp3) is 0.167. The number of rotatable bonds is 10. The second-order valence-corrected chi connectivity index (χ2v) is 8.71. The number of nitrogens with two attached hydrogens (primary N) is 1. The zero-order chi connectivity index (χ0) is 25.6. The van der Waals surface area contributed by atoms with Crippen molar-refractivity contribution in [2.45, 2.75) is 32.5 Å². The maximum absolute atomic E-state index is 9.42. The molecule has 5 aromatic rings. The Morgan fingerprint density at radius 1 is 0.811 bits per heavy atom. The molecule has 5 rings (SSSR count). The molecule has 0 atom stereocenters. The second kappa shape index (κ2) is 11.3. The molecule has 4 N–H and O–H groups in total. The summed E-state index contributed by atoms with van der Waals surface area (Å²) in [7, 11) is 0. The standard InChI is InChI=1S/C30H28N2O5/c31-16-20-6-5-8-21(12-20)23-13-26-24(17-35-27-10-2-1-7-22(27)15-29(33)34)18-37-30(26)28(14-23)36-19-25-9-3-4-11-32-25/h1-14,18,29,33-34H,15-17,19,31H2. The predicted molar refractivity (Wildman–Crippen MR) is 141 cm³/mol. The maximum Gasteiger partial charge on any atom is 0.176 e. The number of hydrogen-bond acceptors (Lipinski definition) is 7. The van der Waals surface area contributed by atoms with Crippen LogP contribution in [0.1, 0.15) is 22.4 Å². The van der Waals surface area contributed by atoms with Crippen LogP contribution in [-0.4, -0.2) is 21.5 Å². The molecule has 0 saturated heterocycles. The van der Waals surface area contributed by atoms with Gasteiger partial charge in [0.2, 0.25) is 0 Å². The lowest BCUT2D eigenvalue weighted by Crippen LogP contribution is -2.09. The number of aromatic nitrogens is 1. The molecular weight excluding hydrogens is 468 g/mol. The van der Waals surface area contributed by atoms with E-state index >= 15 is 0 Å². The Kier molecular flexibility index (Phi) is 7.46. The number of aliphatic hydroxyl groups excluding tert-OH is 1. The Balaban J connectivity index is 1.50. The summed E-state index contributed by atoms with van der Waals surface area (Å²) in [5, 5.41) is 19.7. The van der Waals surface area contributed by atoms with E-state index in [0.29, 0.717) is 35.8 Å². The highest BCUT2D eigenvalue weighted by atomic mass is 16.5. The quantitative estimate of drug-likeness (QED) is 0.234. The molecule has 0 aliphatic heterocycles. The Bertz CT molecular complexity index is 1480. The molecule has 0 aliphatic rings. The summed E-state index contributed by atoms with van der Waals surface area (Å²) >= 11 is 0. The lowest BCUT2D eigenvalue weighted by Gasteiger charge is -2.13. The van der Waals surface area contributed by atoms with Crippen molar-refractivity contribution in [1.82, 2.24) is 4.98 Å². The summed E-state index contributed by atoms with van der Waals surface area (Å²) in [6.07, 6.45) is 2.03. The maximum atomic E-state index is 9.42. The number of pyridine rings is 1. The first-order valence-corrected chi connectivity index (χ1v) is 12.0. The van der Waals surface area contributed by atoms with Crippen LogP contribution in [0.25, 0.3) is 22.1 Å². The fourth-order valence-electron chi connectivity index (χ4n) is 4.22. The van der Waals surface area contributed by atoms with E-state index in [0.717, 1.165) is 33.3 Å². The average molecular weight is 497 g/mol. The van der Waals surface area contributed by atoms with Crippen molar-refractivity contribution in [3.05, 3.63) is 114 Å². The van der Waals surface area contributed by atoms with E-state index in [4.69, 9.17) is 19.6 Å². The lowest BCUT2D eigenvalue weighted by atomic mass is 10.00. The minimum Gasteiger partial charge on any atom is -0.488 e. The van der Waals surface area contributed by atoms with Crippen molar-refractivity contribution in [3.8, 4) is 22.6 Å². The van der Waals surface area contributed by atoms with Crippen LogP contribution >= 0.6 is 0 Å². The van der Waals surface area contributed by atoms with Gasteiger partial charge >= 0.3 is 0 Å². The molecule has 0 radical (unpaired) electrons. The zero-order valence-corrected chi connectivity index (χ0v) is 20.2. The molecule has 7 heteroatoms. The minimum atomic E-state index is -1.45. The Morgan fingerprint density at radius 2 is 1.65 bits per heavy atom. The van der Waals surface area contributed by atoms with Crippen LogP contribution in [0, 0.1) is 0 Å². The molecule has 0 aliphatic carbocycles. The van der Waals surface area contributed by atoms with Gasteiger partial charge in [0.15, 0.2) is 17.6 Å². The molecule has 37 heavy (non-hydrogen) atoms.